The fourth-order valence-electron chi connectivity index (χ4n) is 1.88. The number of carbonyl (C=O) groups excluding carboxylic acids is 2. The van der Waals surface area contributed by atoms with Crippen LogP contribution in [0.25, 0.3) is 0 Å². The van der Waals surface area contributed by atoms with E-state index in [0.29, 0.717) is 10.7 Å². The average Bonchev–Trinajstić information content (AvgIpc) is 2.61. The normalized spacial score (nSPS) is 9.92. The van der Waals surface area contributed by atoms with E-state index in [1.165, 1.54) is 30.0 Å². The van der Waals surface area contributed by atoms with Gasteiger partial charge in [-0.25, -0.2) is 4.79 Å². The number of ether oxygens (including phenoxy) is 1. The first-order valence-corrected chi connectivity index (χ1v) is 8.48. The lowest BCUT2D eigenvalue weighted by Crippen LogP contribution is -2.21. The molecule has 0 aromatic heterocycles. The summed E-state index contributed by atoms with van der Waals surface area (Å²) in [6.45, 7) is -0.446. The molecule has 0 aliphatic heterocycles. The van der Waals surface area contributed by atoms with Crippen LogP contribution in [0.15, 0.2) is 47.4 Å². The SMILES string of the molecule is N#CCSc1ccccc1NC(=O)COC(=O)c1ccc(Cl)c(N)c1. The Morgan fingerprint density at radius 2 is 2.04 bits per heavy atom. The van der Waals surface area contributed by atoms with Gasteiger partial charge in [-0.2, -0.15) is 5.26 Å². The summed E-state index contributed by atoms with van der Waals surface area (Å²) in [4.78, 5) is 24.7. The van der Waals surface area contributed by atoms with E-state index in [0.717, 1.165) is 4.90 Å². The van der Waals surface area contributed by atoms with Crippen molar-refractivity contribution in [3.63, 3.8) is 0 Å². The summed E-state index contributed by atoms with van der Waals surface area (Å²) in [7, 11) is 0. The molecule has 0 bridgehead atoms. The third kappa shape index (κ3) is 5.41. The Hall–Kier alpha value is -2.69. The van der Waals surface area contributed by atoms with E-state index in [1.54, 1.807) is 24.3 Å². The van der Waals surface area contributed by atoms with Crippen molar-refractivity contribution in [1.29, 1.82) is 5.26 Å². The first kappa shape index (κ1) is 18.6. The Labute approximate surface area is 153 Å². The number of hydrogen-bond acceptors (Lipinski definition) is 6. The smallest absolute Gasteiger partial charge is 0.338 e. The molecular weight excluding hydrogens is 362 g/mol. The molecule has 3 N–H and O–H groups in total. The van der Waals surface area contributed by atoms with Crippen LogP contribution >= 0.6 is 23.4 Å². The molecule has 128 valence electrons. The fourth-order valence-corrected chi connectivity index (χ4v) is 2.66. The van der Waals surface area contributed by atoms with E-state index < -0.39 is 18.5 Å². The molecule has 1 amide bonds. The zero-order valence-electron chi connectivity index (χ0n) is 13.0. The number of para-hydroxylation sites is 1. The Balaban J connectivity index is 1.93. The molecule has 0 aliphatic rings. The van der Waals surface area contributed by atoms with Crippen molar-refractivity contribution in [3.05, 3.63) is 53.1 Å². The standard InChI is InChI=1S/C17H14ClN3O3S/c18-12-6-5-11(9-13(12)20)17(23)24-10-16(22)21-14-3-1-2-4-15(14)25-8-7-19/h1-6,9H,8,10,20H2,(H,21,22). The number of halogens is 1. The van der Waals surface area contributed by atoms with Crippen LogP contribution in [0.3, 0.4) is 0 Å². The van der Waals surface area contributed by atoms with Crippen LogP contribution in [0.5, 0.6) is 0 Å². The monoisotopic (exact) mass is 375 g/mol. The molecule has 0 radical (unpaired) electrons. The number of thioether (sulfide) groups is 1. The summed E-state index contributed by atoms with van der Waals surface area (Å²) >= 11 is 7.09. The highest BCUT2D eigenvalue weighted by Gasteiger charge is 2.13. The van der Waals surface area contributed by atoms with Crippen molar-refractivity contribution in [3.8, 4) is 6.07 Å². The topological polar surface area (TPSA) is 105 Å². The van der Waals surface area contributed by atoms with E-state index in [2.05, 4.69) is 5.32 Å². The molecule has 25 heavy (non-hydrogen) atoms. The van der Waals surface area contributed by atoms with E-state index in [-0.39, 0.29) is 17.0 Å². The molecule has 8 heteroatoms. The number of esters is 1. The highest BCUT2D eigenvalue weighted by Crippen LogP contribution is 2.26. The highest BCUT2D eigenvalue weighted by atomic mass is 35.5. The molecule has 0 saturated carbocycles. The largest absolute Gasteiger partial charge is 0.452 e. The second kappa shape index (κ2) is 8.97. The number of nitrogens with one attached hydrogen (secondary N) is 1. The van der Waals surface area contributed by atoms with Crippen LogP contribution in [0.1, 0.15) is 10.4 Å². The molecular formula is C17H14ClN3O3S. The molecule has 2 aromatic carbocycles. The third-order valence-corrected chi connectivity index (χ3v) is 4.30. The Bertz CT molecular complexity index is 836. The molecule has 0 heterocycles. The quantitative estimate of drug-likeness (QED) is 0.455. The zero-order chi connectivity index (χ0) is 18.2. The second-order valence-electron chi connectivity index (χ2n) is 4.80. The highest BCUT2D eigenvalue weighted by molar-refractivity contribution is 7.99. The molecule has 0 atom stereocenters. The lowest BCUT2D eigenvalue weighted by Gasteiger charge is -2.10. The van der Waals surface area contributed by atoms with Crippen LogP contribution in [0, 0.1) is 11.3 Å². The maximum atomic E-state index is 12.0. The Morgan fingerprint density at radius 1 is 1.28 bits per heavy atom. The van der Waals surface area contributed by atoms with Gasteiger partial charge in [-0.05, 0) is 30.3 Å². The maximum absolute atomic E-state index is 12.0. The summed E-state index contributed by atoms with van der Waals surface area (Å²) in [6.07, 6.45) is 0. The Kier molecular flexibility index (Phi) is 6.69. The first-order chi connectivity index (χ1) is 12.0. The van der Waals surface area contributed by atoms with Crippen LogP contribution < -0.4 is 11.1 Å². The van der Waals surface area contributed by atoms with Crippen molar-refractivity contribution in [2.45, 2.75) is 4.90 Å². The lowest BCUT2D eigenvalue weighted by molar-refractivity contribution is -0.119. The number of rotatable bonds is 6. The van der Waals surface area contributed by atoms with Gasteiger partial charge in [0.25, 0.3) is 5.91 Å². The van der Waals surface area contributed by atoms with Crippen LogP contribution in [-0.4, -0.2) is 24.2 Å². The molecule has 0 unspecified atom stereocenters. The lowest BCUT2D eigenvalue weighted by atomic mass is 10.2. The van der Waals surface area contributed by atoms with Crippen molar-refractivity contribution >= 4 is 46.6 Å². The number of benzene rings is 2. The number of nitrogens with zero attached hydrogens (tertiary/aromatic N) is 1. The van der Waals surface area contributed by atoms with Gasteiger partial charge in [0.05, 0.1) is 33.8 Å². The fraction of sp³-hybridized carbons (Fsp3) is 0.118. The number of nitrogens with two attached hydrogens (primary N) is 1. The predicted molar refractivity (Wildman–Crippen MR) is 97.6 cm³/mol. The summed E-state index contributed by atoms with van der Waals surface area (Å²) in [5.41, 5.74) is 6.65. The third-order valence-electron chi connectivity index (χ3n) is 3.02. The number of anilines is 2. The van der Waals surface area contributed by atoms with Crippen molar-refractivity contribution in [2.24, 2.45) is 0 Å². The van der Waals surface area contributed by atoms with E-state index in [1.807, 2.05) is 6.07 Å². The number of amides is 1. The Morgan fingerprint density at radius 3 is 2.76 bits per heavy atom. The number of nitrogen functional groups attached to an aromatic ring is 1. The minimum absolute atomic E-state index is 0.208. The molecule has 0 aliphatic carbocycles. The van der Waals surface area contributed by atoms with Gasteiger partial charge in [0.1, 0.15) is 0 Å². The summed E-state index contributed by atoms with van der Waals surface area (Å²) in [6, 6.07) is 13.4. The average molecular weight is 376 g/mol. The minimum atomic E-state index is -0.675. The van der Waals surface area contributed by atoms with Crippen LogP contribution in [0.4, 0.5) is 11.4 Å². The van der Waals surface area contributed by atoms with E-state index >= 15 is 0 Å². The molecule has 0 saturated heterocycles. The molecule has 6 nitrogen and oxygen atoms in total. The van der Waals surface area contributed by atoms with Gasteiger partial charge in [-0.3, -0.25) is 4.79 Å². The van der Waals surface area contributed by atoms with Crippen LogP contribution in [-0.2, 0) is 9.53 Å². The molecule has 2 rings (SSSR count). The maximum Gasteiger partial charge on any atom is 0.338 e. The van der Waals surface area contributed by atoms with Gasteiger partial charge < -0.3 is 15.8 Å². The van der Waals surface area contributed by atoms with E-state index in [9.17, 15) is 9.59 Å². The van der Waals surface area contributed by atoms with Crippen LogP contribution in [0.2, 0.25) is 5.02 Å². The summed E-state index contributed by atoms with van der Waals surface area (Å²) in [5.74, 6) is -0.897. The van der Waals surface area contributed by atoms with Gasteiger partial charge in [-0.1, -0.05) is 23.7 Å². The number of carbonyl (C=O) groups is 2. The zero-order valence-corrected chi connectivity index (χ0v) is 14.6. The number of nitriles is 1. The molecule has 0 fully saturated rings. The van der Waals surface area contributed by atoms with Crippen molar-refractivity contribution < 1.29 is 14.3 Å². The summed E-state index contributed by atoms with van der Waals surface area (Å²) in [5, 5.41) is 11.6. The predicted octanol–water partition coefficient (Wildman–Crippen LogP) is 3.33. The van der Waals surface area contributed by atoms with Gasteiger partial charge in [0, 0.05) is 4.90 Å². The summed E-state index contributed by atoms with van der Waals surface area (Å²) < 4.78 is 4.97. The minimum Gasteiger partial charge on any atom is -0.452 e. The second-order valence-corrected chi connectivity index (χ2v) is 6.23. The van der Waals surface area contributed by atoms with Gasteiger partial charge in [0.2, 0.25) is 0 Å². The van der Waals surface area contributed by atoms with E-state index in [4.69, 9.17) is 27.3 Å². The van der Waals surface area contributed by atoms with Gasteiger partial charge in [-0.15, -0.1) is 11.8 Å². The van der Waals surface area contributed by atoms with Crippen molar-refractivity contribution in [2.75, 3.05) is 23.4 Å². The first-order valence-electron chi connectivity index (χ1n) is 7.12. The van der Waals surface area contributed by atoms with Gasteiger partial charge in [0.15, 0.2) is 6.61 Å². The number of hydrogen-bond donors (Lipinski definition) is 2. The molecule has 2 aromatic rings. The van der Waals surface area contributed by atoms with Crippen molar-refractivity contribution in [1.82, 2.24) is 0 Å². The van der Waals surface area contributed by atoms with Gasteiger partial charge >= 0.3 is 5.97 Å². The molecule has 0 spiro atoms.